The molecule has 0 saturated heterocycles. The van der Waals surface area contributed by atoms with Crippen molar-refractivity contribution in [1.29, 1.82) is 0 Å². The lowest BCUT2D eigenvalue weighted by molar-refractivity contribution is -0.143. The Morgan fingerprint density at radius 3 is 1.52 bits per heavy atom. The average Bonchev–Trinajstić information content (AvgIpc) is 2.24. The van der Waals surface area contributed by atoms with E-state index >= 15 is 0 Å². The summed E-state index contributed by atoms with van der Waals surface area (Å²) in [5.41, 5.74) is -4.63. The Balaban J connectivity index is 3.30. The molecule has 11 heteroatoms. The second-order valence-corrected chi connectivity index (χ2v) is 4.22. The summed E-state index contributed by atoms with van der Waals surface area (Å²) in [7, 11) is 0. The van der Waals surface area contributed by atoms with E-state index in [1.54, 1.807) is 0 Å². The summed E-state index contributed by atoms with van der Waals surface area (Å²) in [5.74, 6) is -2.25. The summed E-state index contributed by atoms with van der Waals surface area (Å²) >= 11 is 4.30. The molecule has 1 aromatic rings. The Hall–Kier alpha value is -1.58. The minimum absolute atomic E-state index is 0.0791. The lowest BCUT2D eigenvalue weighted by Crippen LogP contribution is -2.29. The van der Waals surface area contributed by atoms with Gasteiger partial charge in [0.05, 0.1) is 11.1 Å². The van der Waals surface area contributed by atoms with E-state index in [0.29, 0.717) is 0 Å². The molecule has 2 nitrogen and oxygen atoms in total. The van der Waals surface area contributed by atoms with Gasteiger partial charge in [0, 0.05) is 5.69 Å². The predicted molar refractivity (Wildman–Crippen MR) is 55.9 cm³/mol. The van der Waals surface area contributed by atoms with Gasteiger partial charge < -0.3 is 5.32 Å². The third-order valence-electron chi connectivity index (χ3n) is 2.10. The molecule has 0 aliphatic rings. The number of amides is 1. The van der Waals surface area contributed by atoms with Gasteiger partial charge in [0.1, 0.15) is 0 Å². The molecule has 0 saturated carbocycles. The number of nitrogens with one attached hydrogen (secondary N) is 1. The molecule has 1 amide bonds. The van der Waals surface area contributed by atoms with Crippen LogP contribution in [0.1, 0.15) is 11.1 Å². The van der Waals surface area contributed by atoms with Crippen LogP contribution in [-0.2, 0) is 17.1 Å². The van der Waals surface area contributed by atoms with E-state index < -0.39 is 40.5 Å². The zero-order valence-corrected chi connectivity index (χ0v) is 10.3. The molecule has 0 bridgehead atoms. The van der Waals surface area contributed by atoms with Crippen LogP contribution in [-0.4, -0.2) is 11.3 Å². The van der Waals surface area contributed by atoms with Gasteiger partial charge in [-0.05, 0) is 29.8 Å². The first kappa shape index (κ1) is 17.5. The Morgan fingerprint density at radius 2 is 1.24 bits per heavy atom. The summed E-state index contributed by atoms with van der Waals surface area (Å²) in [6.45, 7) is 0. The monoisotopic (exact) mass is 341 g/mol. The van der Waals surface area contributed by atoms with Gasteiger partial charge in [-0.15, -0.1) is 0 Å². The standard InChI is InChI=1S/C10H4ClF8NO/c11-8(12,13)7(21)20-6-2-4(9(14,15)16)1-5(3-6)10(17,18)19/h1-3H,(H,20,21). The van der Waals surface area contributed by atoms with E-state index in [0.717, 1.165) is 0 Å². The molecule has 1 N–H and O–H groups in total. The predicted octanol–water partition coefficient (Wildman–Crippen LogP) is 4.49. The van der Waals surface area contributed by atoms with Crippen molar-refractivity contribution in [3.8, 4) is 0 Å². The number of carbonyl (C=O) groups is 1. The van der Waals surface area contributed by atoms with Crippen LogP contribution in [0.25, 0.3) is 0 Å². The Bertz CT molecular complexity index is 513. The summed E-state index contributed by atoms with van der Waals surface area (Å²) in [6, 6.07) is -0.0555. The van der Waals surface area contributed by atoms with E-state index in [2.05, 4.69) is 11.6 Å². The smallest absolute Gasteiger partial charge is 0.320 e. The third-order valence-corrected chi connectivity index (χ3v) is 2.27. The van der Waals surface area contributed by atoms with Gasteiger partial charge >= 0.3 is 23.6 Å². The maximum Gasteiger partial charge on any atom is 0.416 e. The zero-order chi connectivity index (χ0) is 16.6. The maximum absolute atomic E-state index is 12.5. The van der Waals surface area contributed by atoms with Crippen LogP contribution >= 0.6 is 11.6 Å². The van der Waals surface area contributed by atoms with Crippen molar-refractivity contribution in [1.82, 2.24) is 0 Å². The molecule has 0 spiro atoms. The molecule has 1 rings (SSSR count). The number of rotatable bonds is 2. The lowest BCUT2D eigenvalue weighted by Gasteiger charge is -2.15. The molecule has 21 heavy (non-hydrogen) atoms. The summed E-state index contributed by atoms with van der Waals surface area (Å²) in [4.78, 5) is 10.8. The minimum Gasteiger partial charge on any atom is -0.320 e. The van der Waals surface area contributed by atoms with Crippen molar-refractivity contribution in [2.24, 2.45) is 0 Å². The van der Waals surface area contributed by atoms with Crippen LogP contribution in [0.4, 0.5) is 40.8 Å². The Labute approximate surface area is 116 Å². The second-order valence-electron chi connectivity index (χ2n) is 3.75. The molecule has 0 aliphatic heterocycles. The molecule has 0 fully saturated rings. The second kappa shape index (κ2) is 5.32. The molecule has 0 aromatic heterocycles. The maximum atomic E-state index is 12.5. The normalized spacial score (nSPS) is 13.2. The van der Waals surface area contributed by atoms with Crippen molar-refractivity contribution >= 4 is 23.2 Å². The molecule has 0 radical (unpaired) electrons. The van der Waals surface area contributed by atoms with Gasteiger partial charge in [0.25, 0.3) is 0 Å². The first-order chi connectivity index (χ1) is 9.21. The number of halogens is 9. The van der Waals surface area contributed by atoms with Gasteiger partial charge in [-0.25, -0.2) is 0 Å². The van der Waals surface area contributed by atoms with Crippen LogP contribution in [0.5, 0.6) is 0 Å². The number of hydrogen-bond acceptors (Lipinski definition) is 1. The van der Waals surface area contributed by atoms with E-state index in [1.165, 1.54) is 5.32 Å². The van der Waals surface area contributed by atoms with Crippen molar-refractivity contribution in [2.45, 2.75) is 17.7 Å². The Kier molecular flexibility index (Phi) is 4.42. The van der Waals surface area contributed by atoms with E-state index in [-0.39, 0.29) is 18.2 Å². The highest BCUT2D eigenvalue weighted by Gasteiger charge is 2.39. The zero-order valence-electron chi connectivity index (χ0n) is 9.54. The third kappa shape index (κ3) is 4.73. The number of benzene rings is 1. The number of carbonyl (C=O) groups excluding carboxylic acids is 1. The van der Waals surface area contributed by atoms with Gasteiger partial charge in [-0.1, -0.05) is 0 Å². The van der Waals surface area contributed by atoms with Crippen LogP contribution in [0.3, 0.4) is 0 Å². The fourth-order valence-corrected chi connectivity index (χ4v) is 1.28. The SMILES string of the molecule is O=C(Nc1cc(C(F)(F)F)cc(C(F)(F)F)c1)C(F)(F)Cl. The molecule has 1 aromatic carbocycles. The highest BCUT2D eigenvalue weighted by molar-refractivity contribution is 6.33. The van der Waals surface area contributed by atoms with E-state index in [1.807, 2.05) is 0 Å². The Morgan fingerprint density at radius 1 is 0.857 bits per heavy atom. The number of alkyl halides is 9. The number of anilines is 1. The van der Waals surface area contributed by atoms with Crippen molar-refractivity contribution in [3.63, 3.8) is 0 Å². The molecule has 118 valence electrons. The molecule has 0 heterocycles. The largest absolute Gasteiger partial charge is 0.416 e. The topological polar surface area (TPSA) is 29.1 Å². The lowest BCUT2D eigenvalue weighted by atomic mass is 10.1. The molecule has 0 atom stereocenters. The van der Waals surface area contributed by atoms with Crippen molar-refractivity contribution in [3.05, 3.63) is 29.3 Å². The van der Waals surface area contributed by atoms with Crippen LogP contribution < -0.4 is 5.32 Å². The summed E-state index contributed by atoms with van der Waals surface area (Å²) in [6.07, 6.45) is -10.3. The fraction of sp³-hybridized carbons (Fsp3) is 0.300. The van der Waals surface area contributed by atoms with Gasteiger partial charge in [-0.3, -0.25) is 4.79 Å². The van der Waals surface area contributed by atoms with Gasteiger partial charge in [0.15, 0.2) is 0 Å². The average molecular weight is 342 g/mol. The molecular formula is C10H4ClF8NO. The summed E-state index contributed by atoms with van der Waals surface area (Å²) in [5, 5.41) is -3.29. The fourth-order valence-electron chi connectivity index (χ4n) is 1.23. The quantitative estimate of drug-likeness (QED) is 0.623. The van der Waals surface area contributed by atoms with E-state index in [4.69, 9.17) is 0 Å². The van der Waals surface area contributed by atoms with Crippen molar-refractivity contribution in [2.75, 3.05) is 5.32 Å². The van der Waals surface area contributed by atoms with E-state index in [9.17, 15) is 39.9 Å². The van der Waals surface area contributed by atoms with Gasteiger partial charge in [-0.2, -0.15) is 35.1 Å². The van der Waals surface area contributed by atoms with Crippen molar-refractivity contribution < 1.29 is 39.9 Å². The van der Waals surface area contributed by atoms with Gasteiger partial charge in [0.2, 0.25) is 0 Å². The summed E-state index contributed by atoms with van der Waals surface area (Å²) < 4.78 is 99.5. The first-order valence-corrected chi connectivity index (χ1v) is 5.26. The molecule has 0 unspecified atom stereocenters. The highest BCUT2D eigenvalue weighted by Crippen LogP contribution is 2.37. The van der Waals surface area contributed by atoms with Crippen LogP contribution in [0.15, 0.2) is 18.2 Å². The van der Waals surface area contributed by atoms with Crippen LogP contribution in [0.2, 0.25) is 0 Å². The molecular weight excluding hydrogens is 338 g/mol. The number of hydrogen-bond donors (Lipinski definition) is 1. The first-order valence-electron chi connectivity index (χ1n) is 4.89. The minimum atomic E-state index is -5.16. The molecule has 0 aliphatic carbocycles. The highest BCUT2D eigenvalue weighted by atomic mass is 35.5. The van der Waals surface area contributed by atoms with Crippen LogP contribution in [0, 0.1) is 0 Å².